The van der Waals surface area contributed by atoms with Gasteiger partial charge in [-0.3, -0.25) is 0 Å². The summed E-state index contributed by atoms with van der Waals surface area (Å²) in [7, 11) is 0. The third-order valence-corrected chi connectivity index (χ3v) is 3.87. The first-order valence-electron chi connectivity index (χ1n) is 7.95. The molecule has 5 heteroatoms. The van der Waals surface area contributed by atoms with E-state index in [0.717, 1.165) is 32.1 Å². The lowest BCUT2D eigenvalue weighted by Crippen LogP contribution is -2.33. The zero-order chi connectivity index (χ0) is 16.0. The Bertz CT molecular complexity index is 433. The van der Waals surface area contributed by atoms with E-state index in [2.05, 4.69) is 6.92 Å². The van der Waals surface area contributed by atoms with E-state index in [9.17, 15) is 13.2 Å². The second-order valence-corrected chi connectivity index (χ2v) is 5.70. The zero-order valence-corrected chi connectivity index (χ0v) is 12.8. The summed E-state index contributed by atoms with van der Waals surface area (Å²) in [4.78, 5) is 0. The number of rotatable bonds is 7. The van der Waals surface area contributed by atoms with Gasteiger partial charge >= 0.3 is 6.18 Å². The van der Waals surface area contributed by atoms with Gasteiger partial charge in [0, 0.05) is 0 Å². The quantitative estimate of drug-likeness (QED) is 0.628. The molecule has 0 amide bonds. The fraction of sp³-hybridized carbons (Fsp3) is 0.647. The molecule has 0 N–H and O–H groups in total. The number of hydrogen-bond acceptors (Lipinski definition) is 2. The van der Waals surface area contributed by atoms with Crippen LogP contribution in [0, 0.1) is 0 Å². The lowest BCUT2D eigenvalue weighted by Gasteiger charge is -2.19. The molecule has 0 aliphatic carbocycles. The summed E-state index contributed by atoms with van der Waals surface area (Å²) in [5.74, 6) is 0. The Morgan fingerprint density at radius 2 is 1.64 bits per heavy atom. The van der Waals surface area contributed by atoms with Crippen LogP contribution in [0.3, 0.4) is 0 Å². The van der Waals surface area contributed by atoms with E-state index < -0.39 is 24.7 Å². The van der Waals surface area contributed by atoms with E-state index in [1.165, 1.54) is 0 Å². The van der Waals surface area contributed by atoms with Gasteiger partial charge in [0.05, 0.1) is 0 Å². The number of alkyl halides is 3. The highest BCUT2D eigenvalue weighted by Gasteiger charge is 2.52. The normalized spacial score (nSPS) is 25.5. The van der Waals surface area contributed by atoms with Crippen LogP contribution in [-0.4, -0.2) is 18.6 Å². The van der Waals surface area contributed by atoms with Crippen LogP contribution in [0.25, 0.3) is 0 Å². The van der Waals surface area contributed by atoms with Gasteiger partial charge in [-0.1, -0.05) is 62.9 Å². The fourth-order valence-electron chi connectivity index (χ4n) is 2.70. The smallest absolute Gasteiger partial charge is 0.342 e. The number of unbranched alkanes of at least 4 members (excludes halogenated alkanes) is 4. The highest BCUT2D eigenvalue weighted by molar-refractivity contribution is 5.20. The Balaban J connectivity index is 1.94. The molecule has 1 aromatic rings. The SMILES string of the molecule is CCCCCCC[C@H]1O[C@@H](c2ccccc2)[C@@H](C(F)(F)F)O1. The van der Waals surface area contributed by atoms with Crippen LogP contribution < -0.4 is 0 Å². The average Bonchev–Trinajstić information content (AvgIpc) is 2.92. The van der Waals surface area contributed by atoms with Crippen molar-refractivity contribution >= 4 is 0 Å². The molecule has 1 aliphatic rings. The second-order valence-electron chi connectivity index (χ2n) is 5.70. The third kappa shape index (κ3) is 4.71. The number of ether oxygens (including phenoxy) is 2. The molecule has 0 unspecified atom stereocenters. The van der Waals surface area contributed by atoms with Crippen molar-refractivity contribution in [3.63, 3.8) is 0 Å². The summed E-state index contributed by atoms with van der Waals surface area (Å²) >= 11 is 0. The van der Waals surface area contributed by atoms with E-state index in [-0.39, 0.29) is 0 Å². The van der Waals surface area contributed by atoms with E-state index in [1.54, 1.807) is 30.3 Å². The lowest BCUT2D eigenvalue weighted by molar-refractivity contribution is -0.219. The molecular formula is C17H23F3O2. The fourth-order valence-corrected chi connectivity index (χ4v) is 2.70. The van der Waals surface area contributed by atoms with Crippen LogP contribution in [0.5, 0.6) is 0 Å². The summed E-state index contributed by atoms with van der Waals surface area (Å²) < 4.78 is 50.2. The van der Waals surface area contributed by atoms with Crippen molar-refractivity contribution in [1.82, 2.24) is 0 Å². The van der Waals surface area contributed by atoms with Crippen LogP contribution in [0.15, 0.2) is 30.3 Å². The maximum absolute atomic E-state index is 13.2. The lowest BCUT2D eigenvalue weighted by atomic mass is 10.0. The van der Waals surface area contributed by atoms with Crippen LogP contribution in [0.2, 0.25) is 0 Å². The van der Waals surface area contributed by atoms with Gasteiger partial charge in [-0.2, -0.15) is 13.2 Å². The van der Waals surface area contributed by atoms with Gasteiger partial charge in [0.1, 0.15) is 6.10 Å². The molecule has 124 valence electrons. The molecule has 1 aromatic carbocycles. The zero-order valence-electron chi connectivity index (χ0n) is 12.8. The summed E-state index contributed by atoms with van der Waals surface area (Å²) in [6, 6.07) is 8.49. The molecule has 1 aliphatic heterocycles. The molecule has 0 bridgehead atoms. The van der Waals surface area contributed by atoms with Crippen molar-refractivity contribution in [2.75, 3.05) is 0 Å². The Hall–Kier alpha value is -1.07. The summed E-state index contributed by atoms with van der Waals surface area (Å²) in [6.07, 6.45) is -2.38. The van der Waals surface area contributed by atoms with E-state index in [0.29, 0.717) is 12.0 Å². The molecule has 22 heavy (non-hydrogen) atoms. The van der Waals surface area contributed by atoms with E-state index >= 15 is 0 Å². The van der Waals surface area contributed by atoms with Gasteiger partial charge in [-0.15, -0.1) is 0 Å². The van der Waals surface area contributed by atoms with Gasteiger partial charge in [-0.05, 0) is 18.4 Å². The first-order valence-corrected chi connectivity index (χ1v) is 7.95. The molecule has 0 radical (unpaired) electrons. The molecule has 2 nitrogen and oxygen atoms in total. The molecule has 1 heterocycles. The number of halogens is 3. The van der Waals surface area contributed by atoms with Crippen molar-refractivity contribution < 1.29 is 22.6 Å². The van der Waals surface area contributed by atoms with Crippen molar-refractivity contribution in [3.05, 3.63) is 35.9 Å². The molecule has 2 rings (SSSR count). The first kappa shape index (κ1) is 17.3. The topological polar surface area (TPSA) is 18.5 Å². The third-order valence-electron chi connectivity index (χ3n) is 3.87. The standard InChI is InChI=1S/C17H23F3O2/c1-2-3-4-5-9-12-14-21-15(13-10-7-6-8-11-13)16(22-14)17(18,19)20/h6-8,10-11,14-16H,2-5,9,12H2,1H3/t14-,15-,16-/m0/s1. The van der Waals surface area contributed by atoms with E-state index in [1.807, 2.05) is 0 Å². The monoisotopic (exact) mass is 316 g/mol. The second kappa shape index (κ2) is 7.97. The molecular weight excluding hydrogens is 293 g/mol. The van der Waals surface area contributed by atoms with Gasteiger partial charge in [-0.25, -0.2) is 0 Å². The molecule has 0 spiro atoms. The minimum Gasteiger partial charge on any atom is -0.342 e. The summed E-state index contributed by atoms with van der Waals surface area (Å²) in [5.41, 5.74) is 0.512. The van der Waals surface area contributed by atoms with Crippen LogP contribution in [0.1, 0.15) is 57.1 Å². The van der Waals surface area contributed by atoms with Crippen molar-refractivity contribution in [1.29, 1.82) is 0 Å². The summed E-state index contributed by atoms with van der Waals surface area (Å²) in [6.45, 7) is 2.13. The Morgan fingerprint density at radius 3 is 2.27 bits per heavy atom. The molecule has 0 aromatic heterocycles. The predicted octanol–water partition coefficient (Wildman–Crippen LogP) is 5.39. The van der Waals surface area contributed by atoms with Crippen LogP contribution in [0.4, 0.5) is 13.2 Å². The van der Waals surface area contributed by atoms with Crippen molar-refractivity contribution in [3.8, 4) is 0 Å². The summed E-state index contributed by atoms with van der Waals surface area (Å²) in [5, 5.41) is 0. The minimum atomic E-state index is -4.42. The van der Waals surface area contributed by atoms with E-state index in [4.69, 9.17) is 9.47 Å². The van der Waals surface area contributed by atoms with Gasteiger partial charge in [0.25, 0.3) is 0 Å². The largest absolute Gasteiger partial charge is 0.417 e. The van der Waals surface area contributed by atoms with Gasteiger partial charge < -0.3 is 9.47 Å². The molecule has 1 fully saturated rings. The Kier molecular flexibility index (Phi) is 6.26. The maximum atomic E-state index is 13.2. The number of benzene rings is 1. The maximum Gasteiger partial charge on any atom is 0.417 e. The van der Waals surface area contributed by atoms with Crippen molar-refractivity contribution in [2.45, 2.75) is 70.1 Å². The average molecular weight is 316 g/mol. The molecule has 0 saturated carbocycles. The van der Waals surface area contributed by atoms with Crippen LogP contribution >= 0.6 is 0 Å². The highest BCUT2D eigenvalue weighted by atomic mass is 19.4. The van der Waals surface area contributed by atoms with Gasteiger partial charge in [0.2, 0.25) is 0 Å². The van der Waals surface area contributed by atoms with Gasteiger partial charge in [0.15, 0.2) is 12.4 Å². The molecule has 3 atom stereocenters. The number of hydrogen-bond donors (Lipinski definition) is 0. The molecule has 1 saturated heterocycles. The first-order chi connectivity index (χ1) is 10.5. The van der Waals surface area contributed by atoms with Crippen molar-refractivity contribution in [2.24, 2.45) is 0 Å². The Labute approximate surface area is 129 Å². The highest BCUT2D eigenvalue weighted by Crippen LogP contribution is 2.42. The Morgan fingerprint density at radius 1 is 0.955 bits per heavy atom. The predicted molar refractivity (Wildman–Crippen MR) is 78.4 cm³/mol. The van der Waals surface area contributed by atoms with Crippen LogP contribution in [-0.2, 0) is 9.47 Å². The minimum absolute atomic E-state index is 0.512.